The summed E-state index contributed by atoms with van der Waals surface area (Å²) in [7, 11) is 0. The van der Waals surface area contributed by atoms with E-state index in [1.807, 2.05) is 6.07 Å². The number of benzene rings is 1. The van der Waals surface area contributed by atoms with E-state index >= 15 is 0 Å². The predicted molar refractivity (Wildman–Crippen MR) is 89.6 cm³/mol. The van der Waals surface area contributed by atoms with Crippen LogP contribution < -0.4 is 10.2 Å². The minimum absolute atomic E-state index is 0.555. The van der Waals surface area contributed by atoms with Gasteiger partial charge in [-0.15, -0.1) is 5.10 Å². The number of nitrogens with one attached hydrogen (secondary N) is 1. The Hall–Kier alpha value is -2.17. The fourth-order valence-corrected chi connectivity index (χ4v) is 2.85. The smallest absolute Gasteiger partial charge is 0.249 e. The number of rotatable bonds is 3. The van der Waals surface area contributed by atoms with Crippen LogP contribution in [0.4, 0.5) is 17.5 Å². The normalized spacial score (nSPS) is 18.3. The summed E-state index contributed by atoms with van der Waals surface area (Å²) in [6, 6.07) is 6.25. The van der Waals surface area contributed by atoms with E-state index in [0.29, 0.717) is 11.9 Å². The highest BCUT2D eigenvalue weighted by atomic mass is 15.3. The Balaban J connectivity index is 1.77. The van der Waals surface area contributed by atoms with Crippen molar-refractivity contribution in [2.75, 3.05) is 23.3 Å². The van der Waals surface area contributed by atoms with E-state index in [-0.39, 0.29) is 0 Å². The molecule has 0 saturated carbocycles. The van der Waals surface area contributed by atoms with Crippen LogP contribution in [0.25, 0.3) is 0 Å². The summed E-state index contributed by atoms with van der Waals surface area (Å²) in [6.07, 6.45) is 4.26. The molecule has 116 valence electrons. The van der Waals surface area contributed by atoms with Gasteiger partial charge in [0.25, 0.3) is 0 Å². The number of aryl methyl sites for hydroxylation is 2. The third-order valence-electron chi connectivity index (χ3n) is 4.29. The lowest BCUT2D eigenvalue weighted by atomic mass is 10.0. The maximum absolute atomic E-state index is 4.62. The van der Waals surface area contributed by atoms with E-state index in [2.05, 4.69) is 58.3 Å². The van der Waals surface area contributed by atoms with Gasteiger partial charge in [0.15, 0.2) is 5.82 Å². The predicted octanol–water partition coefficient (Wildman–Crippen LogP) is 3.47. The molecule has 1 saturated heterocycles. The highest BCUT2D eigenvalue weighted by Crippen LogP contribution is 2.22. The molecule has 1 aliphatic heterocycles. The van der Waals surface area contributed by atoms with Crippen molar-refractivity contribution in [3.05, 3.63) is 35.5 Å². The minimum Gasteiger partial charge on any atom is -0.355 e. The average Bonchev–Trinajstić information content (AvgIpc) is 2.51. The van der Waals surface area contributed by atoms with Crippen molar-refractivity contribution in [2.45, 2.75) is 33.6 Å². The topological polar surface area (TPSA) is 53.9 Å². The SMILES string of the molecule is Cc1ccc(Nc2nncc(N3CCCC(C)C3)n2)cc1C. The Morgan fingerprint density at radius 3 is 2.86 bits per heavy atom. The molecule has 1 aliphatic rings. The summed E-state index contributed by atoms with van der Waals surface area (Å²) in [6.45, 7) is 8.59. The van der Waals surface area contributed by atoms with E-state index < -0.39 is 0 Å². The molecule has 0 amide bonds. The van der Waals surface area contributed by atoms with E-state index in [1.165, 1.54) is 24.0 Å². The van der Waals surface area contributed by atoms with E-state index in [1.54, 1.807) is 6.20 Å². The number of hydrogen-bond acceptors (Lipinski definition) is 5. The maximum Gasteiger partial charge on any atom is 0.249 e. The third kappa shape index (κ3) is 3.35. The van der Waals surface area contributed by atoms with E-state index in [9.17, 15) is 0 Å². The zero-order valence-corrected chi connectivity index (χ0v) is 13.5. The second kappa shape index (κ2) is 6.30. The average molecular weight is 297 g/mol. The lowest BCUT2D eigenvalue weighted by molar-refractivity contribution is 0.444. The molecule has 1 aromatic carbocycles. The molecule has 1 fully saturated rings. The summed E-state index contributed by atoms with van der Waals surface area (Å²) >= 11 is 0. The van der Waals surface area contributed by atoms with Crippen molar-refractivity contribution in [2.24, 2.45) is 5.92 Å². The van der Waals surface area contributed by atoms with Crippen LogP contribution >= 0.6 is 0 Å². The van der Waals surface area contributed by atoms with Gasteiger partial charge >= 0.3 is 0 Å². The molecular formula is C17H23N5. The van der Waals surface area contributed by atoms with Crippen LogP contribution in [0.1, 0.15) is 30.9 Å². The Kier molecular flexibility index (Phi) is 4.22. The number of anilines is 3. The molecule has 2 aromatic rings. The van der Waals surface area contributed by atoms with Crippen molar-refractivity contribution in [3.63, 3.8) is 0 Å². The van der Waals surface area contributed by atoms with Gasteiger partial charge in [-0.05, 0) is 55.9 Å². The molecule has 0 bridgehead atoms. The summed E-state index contributed by atoms with van der Waals surface area (Å²) in [5.74, 6) is 2.17. The van der Waals surface area contributed by atoms with Crippen molar-refractivity contribution < 1.29 is 0 Å². The van der Waals surface area contributed by atoms with Crippen LogP contribution in [0.2, 0.25) is 0 Å². The van der Waals surface area contributed by atoms with Gasteiger partial charge in [0, 0.05) is 18.8 Å². The molecule has 1 unspecified atom stereocenters. The number of hydrogen-bond donors (Lipinski definition) is 1. The molecule has 0 aliphatic carbocycles. The molecule has 5 nitrogen and oxygen atoms in total. The third-order valence-corrected chi connectivity index (χ3v) is 4.29. The van der Waals surface area contributed by atoms with Gasteiger partial charge < -0.3 is 10.2 Å². The highest BCUT2D eigenvalue weighted by molar-refractivity contribution is 5.56. The summed E-state index contributed by atoms with van der Waals surface area (Å²) in [5.41, 5.74) is 3.52. The number of nitrogens with zero attached hydrogens (tertiary/aromatic N) is 4. The molecule has 22 heavy (non-hydrogen) atoms. The Bertz CT molecular complexity index is 655. The number of piperidine rings is 1. The van der Waals surface area contributed by atoms with Crippen LogP contribution in [-0.2, 0) is 0 Å². The van der Waals surface area contributed by atoms with Crippen LogP contribution in [0.15, 0.2) is 24.4 Å². The molecule has 1 N–H and O–H groups in total. The van der Waals surface area contributed by atoms with Crippen LogP contribution in [0.3, 0.4) is 0 Å². The maximum atomic E-state index is 4.62. The van der Waals surface area contributed by atoms with Gasteiger partial charge in [0.2, 0.25) is 5.95 Å². The summed E-state index contributed by atoms with van der Waals surface area (Å²) < 4.78 is 0. The largest absolute Gasteiger partial charge is 0.355 e. The Labute approximate surface area is 131 Å². The van der Waals surface area contributed by atoms with Crippen LogP contribution in [0.5, 0.6) is 0 Å². The highest BCUT2D eigenvalue weighted by Gasteiger charge is 2.18. The fourth-order valence-electron chi connectivity index (χ4n) is 2.85. The Morgan fingerprint density at radius 1 is 1.23 bits per heavy atom. The fraction of sp³-hybridized carbons (Fsp3) is 0.471. The first-order valence-electron chi connectivity index (χ1n) is 7.91. The van der Waals surface area contributed by atoms with Crippen molar-refractivity contribution >= 4 is 17.5 Å². The Morgan fingerprint density at radius 2 is 2.09 bits per heavy atom. The first kappa shape index (κ1) is 14.8. The van der Waals surface area contributed by atoms with Crippen molar-refractivity contribution in [3.8, 4) is 0 Å². The number of aromatic nitrogens is 3. The first-order chi connectivity index (χ1) is 10.6. The van der Waals surface area contributed by atoms with Crippen molar-refractivity contribution in [1.29, 1.82) is 0 Å². The van der Waals surface area contributed by atoms with E-state index in [0.717, 1.165) is 24.6 Å². The standard InChI is InChI=1S/C17H23N5/c1-12-5-4-8-22(11-12)16-10-18-21-17(20-16)19-15-7-6-13(2)14(3)9-15/h6-7,9-10,12H,4-5,8,11H2,1-3H3,(H,19,20,21). The molecule has 1 atom stereocenters. The zero-order valence-electron chi connectivity index (χ0n) is 13.5. The zero-order chi connectivity index (χ0) is 15.5. The molecule has 1 aromatic heterocycles. The van der Waals surface area contributed by atoms with E-state index in [4.69, 9.17) is 0 Å². The van der Waals surface area contributed by atoms with Gasteiger partial charge in [-0.2, -0.15) is 10.1 Å². The lowest BCUT2D eigenvalue weighted by Crippen LogP contribution is -2.35. The molecule has 0 spiro atoms. The molecule has 5 heteroatoms. The molecule has 2 heterocycles. The minimum atomic E-state index is 0.555. The van der Waals surface area contributed by atoms with Crippen LogP contribution in [0, 0.1) is 19.8 Å². The van der Waals surface area contributed by atoms with Gasteiger partial charge in [-0.25, -0.2) is 0 Å². The monoisotopic (exact) mass is 297 g/mol. The van der Waals surface area contributed by atoms with Crippen LogP contribution in [-0.4, -0.2) is 28.3 Å². The van der Waals surface area contributed by atoms with Gasteiger partial charge in [0.05, 0.1) is 6.20 Å². The van der Waals surface area contributed by atoms with Gasteiger partial charge in [0.1, 0.15) is 0 Å². The van der Waals surface area contributed by atoms with Gasteiger partial charge in [-0.3, -0.25) is 0 Å². The second-order valence-electron chi connectivity index (χ2n) is 6.26. The quantitative estimate of drug-likeness (QED) is 0.940. The summed E-state index contributed by atoms with van der Waals surface area (Å²) in [4.78, 5) is 6.92. The molecular weight excluding hydrogens is 274 g/mol. The second-order valence-corrected chi connectivity index (χ2v) is 6.26. The van der Waals surface area contributed by atoms with Crippen molar-refractivity contribution in [1.82, 2.24) is 15.2 Å². The molecule has 3 rings (SSSR count). The lowest BCUT2D eigenvalue weighted by Gasteiger charge is -2.31. The summed E-state index contributed by atoms with van der Waals surface area (Å²) in [5, 5.41) is 11.5. The van der Waals surface area contributed by atoms with Gasteiger partial charge in [-0.1, -0.05) is 13.0 Å². The first-order valence-corrected chi connectivity index (χ1v) is 7.91. The molecule has 0 radical (unpaired) electrons.